The van der Waals surface area contributed by atoms with E-state index in [0.717, 1.165) is 26.9 Å². The Morgan fingerprint density at radius 3 is 2.89 bits per heavy atom. The lowest BCUT2D eigenvalue weighted by molar-refractivity contribution is 0.0960. The molecule has 0 radical (unpaired) electrons. The van der Waals surface area contributed by atoms with Gasteiger partial charge >= 0.3 is 0 Å². The Morgan fingerprint density at radius 2 is 2.22 bits per heavy atom. The number of rotatable bonds is 4. The maximum Gasteiger partial charge on any atom is 0.252 e. The van der Waals surface area contributed by atoms with Crippen molar-refractivity contribution in [2.75, 3.05) is 7.05 Å². The fraction of sp³-hybridized carbons (Fsp3) is 0.231. The lowest BCUT2D eigenvalue weighted by atomic mass is 10.2. The van der Waals surface area contributed by atoms with Gasteiger partial charge in [-0.3, -0.25) is 4.79 Å². The lowest BCUT2D eigenvalue weighted by Crippen LogP contribution is -2.18. The second-order valence-corrected chi connectivity index (χ2v) is 5.80. The summed E-state index contributed by atoms with van der Waals surface area (Å²) in [5.74, 6) is 0.741. The van der Waals surface area contributed by atoms with Crippen LogP contribution in [0.1, 0.15) is 21.1 Å². The maximum absolute atomic E-state index is 11.7. The van der Waals surface area contributed by atoms with E-state index in [2.05, 4.69) is 15.7 Å². The first kappa shape index (κ1) is 13.1. The molecule has 0 saturated carbocycles. The lowest BCUT2D eigenvalue weighted by Gasteiger charge is -2.06. The molecule has 0 bridgehead atoms. The number of amides is 1. The van der Waals surface area contributed by atoms with Gasteiger partial charge in [-0.1, -0.05) is 12.1 Å². The molecule has 18 heavy (non-hydrogen) atoms. The number of carbonyl (C=O) groups excluding carboxylic acids is 1. The van der Waals surface area contributed by atoms with Crippen LogP contribution >= 0.6 is 23.1 Å². The maximum atomic E-state index is 11.7. The highest BCUT2D eigenvalue weighted by Gasteiger charge is 2.10. The zero-order valence-corrected chi connectivity index (χ0v) is 11.9. The molecule has 1 N–H and O–H groups in total. The summed E-state index contributed by atoms with van der Waals surface area (Å²) in [6.45, 7) is 2.00. The van der Waals surface area contributed by atoms with E-state index < -0.39 is 0 Å². The van der Waals surface area contributed by atoms with Gasteiger partial charge in [0.15, 0.2) is 0 Å². The van der Waals surface area contributed by atoms with Gasteiger partial charge in [-0.05, 0) is 19.1 Å². The molecule has 94 valence electrons. The molecule has 1 heterocycles. The topological polar surface area (TPSA) is 42.0 Å². The van der Waals surface area contributed by atoms with Gasteiger partial charge in [-0.2, -0.15) is 0 Å². The van der Waals surface area contributed by atoms with Crippen molar-refractivity contribution in [1.82, 2.24) is 10.3 Å². The van der Waals surface area contributed by atoms with Gasteiger partial charge in [0.2, 0.25) is 0 Å². The number of benzene rings is 1. The monoisotopic (exact) mass is 278 g/mol. The average Bonchev–Trinajstić information content (AvgIpc) is 2.81. The molecule has 2 rings (SSSR count). The largest absolute Gasteiger partial charge is 0.355 e. The van der Waals surface area contributed by atoms with Gasteiger partial charge in [0.05, 0.1) is 16.3 Å². The molecule has 0 unspecified atom stereocenters. The van der Waals surface area contributed by atoms with Crippen molar-refractivity contribution in [3.63, 3.8) is 0 Å². The predicted octanol–water partition coefficient (Wildman–Crippen LogP) is 3.10. The summed E-state index contributed by atoms with van der Waals surface area (Å²) < 4.78 is 0. The third-order valence-corrected chi connectivity index (χ3v) is 4.33. The summed E-state index contributed by atoms with van der Waals surface area (Å²) in [6, 6.07) is 7.63. The van der Waals surface area contributed by atoms with Gasteiger partial charge in [-0.15, -0.1) is 23.1 Å². The summed E-state index contributed by atoms with van der Waals surface area (Å²) in [6.07, 6.45) is 0. The number of nitrogens with one attached hydrogen (secondary N) is 1. The Balaban J connectivity index is 2.11. The van der Waals surface area contributed by atoms with Crippen LogP contribution in [0.4, 0.5) is 0 Å². The summed E-state index contributed by atoms with van der Waals surface area (Å²) in [4.78, 5) is 17.1. The minimum absolute atomic E-state index is 0.0486. The van der Waals surface area contributed by atoms with E-state index >= 15 is 0 Å². The number of thiazole rings is 1. The fourth-order valence-electron chi connectivity index (χ4n) is 1.54. The summed E-state index contributed by atoms with van der Waals surface area (Å²) in [5.41, 5.74) is 1.78. The van der Waals surface area contributed by atoms with Crippen molar-refractivity contribution < 1.29 is 4.79 Å². The smallest absolute Gasteiger partial charge is 0.252 e. The second kappa shape index (κ2) is 6.02. The number of hydrogen-bond donors (Lipinski definition) is 1. The van der Waals surface area contributed by atoms with E-state index in [4.69, 9.17) is 0 Å². The van der Waals surface area contributed by atoms with Crippen LogP contribution in [0.15, 0.2) is 34.5 Å². The van der Waals surface area contributed by atoms with Crippen LogP contribution in [0.3, 0.4) is 0 Å². The van der Waals surface area contributed by atoms with Crippen molar-refractivity contribution >= 4 is 29.0 Å². The normalized spacial score (nSPS) is 10.3. The first-order valence-electron chi connectivity index (χ1n) is 5.55. The van der Waals surface area contributed by atoms with Gasteiger partial charge in [-0.25, -0.2) is 4.98 Å². The van der Waals surface area contributed by atoms with Crippen LogP contribution in [-0.2, 0) is 5.75 Å². The van der Waals surface area contributed by atoms with E-state index in [-0.39, 0.29) is 5.91 Å². The molecule has 1 aromatic heterocycles. The summed E-state index contributed by atoms with van der Waals surface area (Å²) in [7, 11) is 1.65. The van der Waals surface area contributed by atoms with Gasteiger partial charge < -0.3 is 5.32 Å². The van der Waals surface area contributed by atoms with Crippen LogP contribution in [0.5, 0.6) is 0 Å². The molecule has 0 spiro atoms. The molecule has 1 aromatic carbocycles. The average molecular weight is 278 g/mol. The van der Waals surface area contributed by atoms with Crippen molar-refractivity contribution in [1.29, 1.82) is 0 Å². The summed E-state index contributed by atoms with van der Waals surface area (Å²) in [5, 5.41) is 5.79. The number of nitrogens with zero attached hydrogens (tertiary/aromatic N) is 1. The van der Waals surface area contributed by atoms with Crippen molar-refractivity contribution in [3.8, 4) is 0 Å². The summed E-state index contributed by atoms with van der Waals surface area (Å²) >= 11 is 3.29. The molecule has 0 aliphatic carbocycles. The number of thioether (sulfide) groups is 1. The molecule has 3 nitrogen and oxygen atoms in total. The Kier molecular flexibility index (Phi) is 4.38. The Morgan fingerprint density at radius 1 is 1.44 bits per heavy atom. The van der Waals surface area contributed by atoms with Crippen molar-refractivity contribution in [2.45, 2.75) is 17.6 Å². The van der Waals surface area contributed by atoms with Crippen LogP contribution < -0.4 is 5.32 Å². The van der Waals surface area contributed by atoms with Gasteiger partial charge in [0, 0.05) is 23.1 Å². The quantitative estimate of drug-likeness (QED) is 0.874. The van der Waals surface area contributed by atoms with Crippen LogP contribution in [-0.4, -0.2) is 17.9 Å². The van der Waals surface area contributed by atoms with Crippen LogP contribution in [0, 0.1) is 6.92 Å². The molecule has 1 amide bonds. The Hall–Kier alpha value is -1.33. The molecule has 5 heteroatoms. The van der Waals surface area contributed by atoms with E-state index in [1.165, 1.54) is 0 Å². The van der Waals surface area contributed by atoms with Gasteiger partial charge in [0.25, 0.3) is 5.91 Å². The molecule has 0 aliphatic heterocycles. The molecule has 0 saturated heterocycles. The third-order valence-electron chi connectivity index (χ3n) is 2.40. The van der Waals surface area contributed by atoms with E-state index in [1.54, 1.807) is 30.1 Å². The highest BCUT2D eigenvalue weighted by Crippen LogP contribution is 2.26. The zero-order chi connectivity index (χ0) is 13.0. The fourth-order valence-corrected chi connectivity index (χ4v) is 3.20. The second-order valence-electron chi connectivity index (χ2n) is 3.72. The van der Waals surface area contributed by atoms with Crippen molar-refractivity contribution in [3.05, 3.63) is 45.9 Å². The number of hydrogen-bond acceptors (Lipinski definition) is 4. The standard InChI is InChI=1S/C13H14N2OS2/c1-9-15-10(7-17-9)8-18-12-6-4-3-5-11(12)13(16)14-2/h3-7H,8H2,1-2H3,(H,14,16). The van der Waals surface area contributed by atoms with Crippen LogP contribution in [0.25, 0.3) is 0 Å². The van der Waals surface area contributed by atoms with Crippen LogP contribution in [0.2, 0.25) is 0 Å². The molecule has 0 atom stereocenters. The SMILES string of the molecule is CNC(=O)c1ccccc1SCc1csc(C)n1. The van der Waals surface area contributed by atoms with Crippen molar-refractivity contribution in [2.24, 2.45) is 0 Å². The molecule has 0 fully saturated rings. The minimum Gasteiger partial charge on any atom is -0.355 e. The number of aryl methyl sites for hydroxylation is 1. The molecular weight excluding hydrogens is 264 g/mol. The predicted molar refractivity (Wildman–Crippen MR) is 76.2 cm³/mol. The first-order chi connectivity index (χ1) is 8.70. The van der Waals surface area contributed by atoms with E-state index in [1.807, 2.05) is 31.2 Å². The zero-order valence-electron chi connectivity index (χ0n) is 10.3. The van der Waals surface area contributed by atoms with Gasteiger partial charge in [0.1, 0.15) is 0 Å². The first-order valence-corrected chi connectivity index (χ1v) is 7.42. The van der Waals surface area contributed by atoms with E-state index in [0.29, 0.717) is 0 Å². The number of aromatic nitrogens is 1. The molecular formula is C13H14N2OS2. The Bertz CT molecular complexity index is 551. The number of carbonyl (C=O) groups is 1. The highest BCUT2D eigenvalue weighted by atomic mass is 32.2. The third kappa shape index (κ3) is 3.11. The Labute approximate surface area is 115 Å². The van der Waals surface area contributed by atoms with E-state index in [9.17, 15) is 4.79 Å². The highest BCUT2D eigenvalue weighted by molar-refractivity contribution is 7.98. The minimum atomic E-state index is -0.0486. The molecule has 2 aromatic rings. The molecule has 0 aliphatic rings.